The van der Waals surface area contributed by atoms with Gasteiger partial charge in [-0.2, -0.15) is 0 Å². The average Bonchev–Trinajstić information content (AvgIpc) is 3.17. The molecule has 0 saturated carbocycles. The van der Waals surface area contributed by atoms with Gasteiger partial charge in [-0.1, -0.05) is 30.3 Å². The Morgan fingerprint density at radius 2 is 1.79 bits per heavy atom. The molecule has 2 aromatic carbocycles. The van der Waals surface area contributed by atoms with E-state index in [-0.39, 0.29) is 12.5 Å². The molecule has 4 rings (SSSR count). The summed E-state index contributed by atoms with van der Waals surface area (Å²) in [4.78, 5) is 23.3. The third-order valence-corrected chi connectivity index (χ3v) is 4.57. The number of nitrogens with zero attached hydrogens (tertiary/aromatic N) is 4. The van der Waals surface area contributed by atoms with Crippen molar-refractivity contribution in [1.29, 1.82) is 0 Å². The van der Waals surface area contributed by atoms with Gasteiger partial charge in [0, 0.05) is 12.2 Å². The van der Waals surface area contributed by atoms with E-state index in [9.17, 15) is 4.79 Å². The van der Waals surface area contributed by atoms with E-state index < -0.39 is 0 Å². The van der Waals surface area contributed by atoms with Gasteiger partial charge in [-0.05, 0) is 43.3 Å². The molecule has 0 atom stereocenters. The number of imidazole rings is 1. The minimum absolute atomic E-state index is 0.0756. The molecule has 140 valence electrons. The van der Waals surface area contributed by atoms with Gasteiger partial charge in [0.2, 0.25) is 5.91 Å². The average molecular weight is 371 g/mol. The zero-order valence-corrected chi connectivity index (χ0v) is 15.6. The number of likely N-dealkylation sites (N-methyl/N-ethyl adjacent to an activating group) is 1. The number of anilines is 2. The number of para-hydroxylation sites is 3. The molecule has 4 aromatic rings. The fraction of sp³-hybridized carbons (Fsp3) is 0.136. The summed E-state index contributed by atoms with van der Waals surface area (Å²) in [5, 5.41) is 2.92. The molecule has 0 unspecified atom stereocenters. The number of fused-ring (bicyclic) bond motifs is 1. The number of hydrogen-bond acceptors (Lipinski definition) is 4. The zero-order chi connectivity index (χ0) is 19.3. The topological polar surface area (TPSA) is 63.1 Å². The maximum absolute atomic E-state index is 12.4. The van der Waals surface area contributed by atoms with E-state index in [0.29, 0.717) is 5.69 Å². The minimum atomic E-state index is -0.0756. The van der Waals surface area contributed by atoms with E-state index >= 15 is 0 Å². The molecule has 28 heavy (non-hydrogen) atoms. The van der Waals surface area contributed by atoms with Crippen molar-refractivity contribution >= 4 is 28.3 Å². The van der Waals surface area contributed by atoms with Crippen LogP contribution in [0.3, 0.4) is 0 Å². The Bertz CT molecular complexity index is 1070. The highest BCUT2D eigenvalue weighted by molar-refractivity contribution is 5.94. The van der Waals surface area contributed by atoms with E-state index in [4.69, 9.17) is 0 Å². The summed E-state index contributed by atoms with van der Waals surface area (Å²) in [6, 6.07) is 21.5. The first-order valence-electron chi connectivity index (χ1n) is 9.23. The van der Waals surface area contributed by atoms with Crippen LogP contribution in [0, 0.1) is 0 Å². The Balaban J connectivity index is 1.45. The SMILES string of the molecule is CCN(CC(=O)Nc1ccc(-n2cnc3ccccc32)nc1)c1ccccc1. The smallest absolute Gasteiger partial charge is 0.243 e. The van der Waals surface area contributed by atoms with Crippen LogP contribution in [0.2, 0.25) is 0 Å². The highest BCUT2D eigenvalue weighted by Gasteiger charge is 2.11. The summed E-state index contributed by atoms with van der Waals surface area (Å²) in [5.41, 5.74) is 3.61. The normalized spacial score (nSPS) is 10.8. The number of aromatic nitrogens is 3. The second-order valence-corrected chi connectivity index (χ2v) is 6.41. The Morgan fingerprint density at radius 1 is 1.00 bits per heavy atom. The van der Waals surface area contributed by atoms with Crippen LogP contribution in [0.4, 0.5) is 11.4 Å². The molecule has 1 N–H and O–H groups in total. The number of benzene rings is 2. The van der Waals surface area contributed by atoms with Gasteiger partial charge in [0.1, 0.15) is 12.1 Å². The molecule has 1 amide bonds. The van der Waals surface area contributed by atoms with E-state index in [0.717, 1.165) is 29.1 Å². The molecule has 2 aromatic heterocycles. The lowest BCUT2D eigenvalue weighted by Crippen LogP contribution is -2.33. The third-order valence-electron chi connectivity index (χ3n) is 4.57. The number of amides is 1. The van der Waals surface area contributed by atoms with Crippen LogP contribution in [0.15, 0.2) is 79.3 Å². The molecular formula is C22H21N5O. The van der Waals surface area contributed by atoms with Crippen LogP contribution >= 0.6 is 0 Å². The van der Waals surface area contributed by atoms with Crippen molar-refractivity contribution in [2.75, 3.05) is 23.3 Å². The van der Waals surface area contributed by atoms with E-state index in [1.807, 2.05) is 83.1 Å². The summed E-state index contributed by atoms with van der Waals surface area (Å²) in [6.07, 6.45) is 3.42. The van der Waals surface area contributed by atoms with Gasteiger partial charge in [0.25, 0.3) is 0 Å². The first kappa shape index (κ1) is 17.7. The highest BCUT2D eigenvalue weighted by atomic mass is 16.2. The fourth-order valence-corrected chi connectivity index (χ4v) is 3.14. The van der Waals surface area contributed by atoms with Crippen LogP contribution in [-0.2, 0) is 4.79 Å². The molecule has 0 aliphatic carbocycles. The molecule has 6 heteroatoms. The fourth-order valence-electron chi connectivity index (χ4n) is 3.14. The van der Waals surface area contributed by atoms with Gasteiger partial charge >= 0.3 is 0 Å². The van der Waals surface area contributed by atoms with E-state index in [2.05, 4.69) is 15.3 Å². The number of carbonyl (C=O) groups excluding carboxylic acids is 1. The van der Waals surface area contributed by atoms with Crippen molar-refractivity contribution in [3.8, 4) is 5.82 Å². The van der Waals surface area contributed by atoms with Gasteiger partial charge in [-0.15, -0.1) is 0 Å². The van der Waals surface area contributed by atoms with Gasteiger partial charge in [-0.3, -0.25) is 9.36 Å². The summed E-state index contributed by atoms with van der Waals surface area (Å²) in [6.45, 7) is 3.07. The van der Waals surface area contributed by atoms with E-state index in [1.54, 1.807) is 12.5 Å². The van der Waals surface area contributed by atoms with Crippen LogP contribution in [-0.4, -0.2) is 33.5 Å². The first-order chi connectivity index (χ1) is 13.7. The van der Waals surface area contributed by atoms with Crippen LogP contribution in [0.1, 0.15) is 6.92 Å². The lowest BCUT2D eigenvalue weighted by Gasteiger charge is -2.22. The monoisotopic (exact) mass is 371 g/mol. The van der Waals surface area contributed by atoms with Crippen LogP contribution < -0.4 is 10.2 Å². The maximum Gasteiger partial charge on any atom is 0.243 e. The standard InChI is InChI=1S/C22H21N5O/c1-2-26(18-8-4-3-5-9-18)15-22(28)25-17-12-13-21(23-14-17)27-16-24-19-10-6-7-11-20(19)27/h3-14,16H,2,15H2,1H3,(H,25,28). The molecule has 0 radical (unpaired) electrons. The van der Waals surface area contributed by atoms with Gasteiger partial charge in [0.05, 0.1) is 29.5 Å². The second-order valence-electron chi connectivity index (χ2n) is 6.41. The predicted molar refractivity (Wildman–Crippen MR) is 112 cm³/mol. The number of pyridine rings is 1. The molecule has 2 heterocycles. The van der Waals surface area contributed by atoms with Gasteiger partial charge in [0.15, 0.2) is 0 Å². The van der Waals surface area contributed by atoms with Crippen molar-refractivity contribution in [3.05, 3.63) is 79.3 Å². The zero-order valence-electron chi connectivity index (χ0n) is 15.6. The Hall–Kier alpha value is -3.67. The van der Waals surface area contributed by atoms with Crippen LogP contribution in [0.5, 0.6) is 0 Å². The second kappa shape index (κ2) is 7.92. The van der Waals surface area contributed by atoms with Crippen LogP contribution in [0.25, 0.3) is 16.9 Å². The summed E-state index contributed by atoms with van der Waals surface area (Å²) in [7, 11) is 0. The molecule has 0 fully saturated rings. The van der Waals surface area contributed by atoms with E-state index in [1.165, 1.54) is 0 Å². The molecule has 0 aliphatic heterocycles. The Morgan fingerprint density at radius 3 is 2.54 bits per heavy atom. The molecule has 6 nitrogen and oxygen atoms in total. The first-order valence-corrected chi connectivity index (χ1v) is 9.23. The highest BCUT2D eigenvalue weighted by Crippen LogP contribution is 2.18. The van der Waals surface area contributed by atoms with Crippen molar-refractivity contribution in [2.24, 2.45) is 0 Å². The Kier molecular flexibility index (Phi) is 5.01. The number of nitrogens with one attached hydrogen (secondary N) is 1. The molecule has 0 saturated heterocycles. The third kappa shape index (κ3) is 3.71. The number of hydrogen-bond donors (Lipinski definition) is 1. The summed E-state index contributed by atoms with van der Waals surface area (Å²) >= 11 is 0. The van der Waals surface area contributed by atoms with Crippen molar-refractivity contribution < 1.29 is 4.79 Å². The quantitative estimate of drug-likeness (QED) is 0.559. The molecule has 0 bridgehead atoms. The molecule has 0 aliphatic rings. The number of rotatable bonds is 6. The summed E-state index contributed by atoms with van der Waals surface area (Å²) < 4.78 is 1.93. The predicted octanol–water partition coefficient (Wildman–Crippen LogP) is 3.89. The largest absolute Gasteiger partial charge is 0.362 e. The van der Waals surface area contributed by atoms with Gasteiger partial charge < -0.3 is 10.2 Å². The van der Waals surface area contributed by atoms with Crippen molar-refractivity contribution in [2.45, 2.75) is 6.92 Å². The molecule has 0 spiro atoms. The maximum atomic E-state index is 12.4. The van der Waals surface area contributed by atoms with Crippen molar-refractivity contribution in [1.82, 2.24) is 14.5 Å². The lowest BCUT2D eigenvalue weighted by atomic mass is 10.3. The minimum Gasteiger partial charge on any atom is -0.362 e. The Labute approximate surface area is 163 Å². The van der Waals surface area contributed by atoms with Crippen molar-refractivity contribution in [3.63, 3.8) is 0 Å². The van der Waals surface area contributed by atoms with Gasteiger partial charge in [-0.25, -0.2) is 9.97 Å². The molecular weight excluding hydrogens is 350 g/mol. The lowest BCUT2D eigenvalue weighted by molar-refractivity contribution is -0.115. The summed E-state index contributed by atoms with van der Waals surface area (Å²) in [5.74, 6) is 0.680. The number of carbonyl (C=O) groups is 1.